The fourth-order valence-corrected chi connectivity index (χ4v) is 4.72. The van der Waals surface area contributed by atoms with Crippen molar-refractivity contribution in [1.82, 2.24) is 0 Å². The summed E-state index contributed by atoms with van der Waals surface area (Å²) in [4.78, 5) is 21.9. The molecule has 0 saturated carbocycles. The molecule has 15 heavy (non-hydrogen) atoms. The molecule has 82 valence electrons. The van der Waals surface area contributed by atoms with Gasteiger partial charge in [-0.2, -0.15) is 0 Å². The van der Waals surface area contributed by atoms with Crippen LogP contribution in [0.1, 0.15) is 13.8 Å². The number of carbonyl (C=O) groups is 2. The molecule has 0 aliphatic rings. The van der Waals surface area contributed by atoms with Crippen molar-refractivity contribution in [3.8, 4) is 0 Å². The zero-order valence-electron chi connectivity index (χ0n) is 8.77. The number of carbonyl (C=O) groups excluding carboxylic acids is 2. The first kappa shape index (κ1) is 11.9. The van der Waals surface area contributed by atoms with Gasteiger partial charge in [-0.15, -0.1) is 11.3 Å². The molecule has 0 aliphatic heterocycles. The third-order valence-electron chi connectivity index (χ3n) is 1.65. The zero-order chi connectivity index (χ0) is 11.5. The Bertz CT molecular complexity index is 344. The fraction of sp³-hybridized carbons (Fsp3) is 0.333. The van der Waals surface area contributed by atoms with Gasteiger partial charge in [0.15, 0.2) is 0 Å². The molecule has 0 N–H and O–H groups in total. The molecule has 1 rings (SSSR count). The molecule has 1 heterocycles. The van der Waals surface area contributed by atoms with E-state index in [2.05, 4.69) is 0 Å². The van der Waals surface area contributed by atoms with E-state index in [-0.39, 0.29) is 0 Å². The van der Waals surface area contributed by atoms with Gasteiger partial charge in [0.1, 0.15) is 0 Å². The highest BCUT2D eigenvalue weighted by molar-refractivity contribution is 7.23. The highest BCUT2D eigenvalue weighted by Crippen LogP contribution is 2.12. The maximum Gasteiger partial charge on any atom is 0.506 e. The molecule has 1 aromatic rings. The number of hydrogen-bond acceptors (Lipinski definition) is 5. The van der Waals surface area contributed by atoms with Crippen molar-refractivity contribution in [2.75, 3.05) is 0 Å². The molecule has 0 aliphatic carbocycles. The predicted molar refractivity (Wildman–Crippen MR) is 59.1 cm³/mol. The van der Waals surface area contributed by atoms with E-state index in [9.17, 15) is 9.59 Å². The van der Waals surface area contributed by atoms with Gasteiger partial charge in [-0.05, 0) is 11.4 Å². The Morgan fingerprint density at radius 2 is 1.80 bits per heavy atom. The highest BCUT2D eigenvalue weighted by Gasteiger charge is 2.41. The van der Waals surface area contributed by atoms with Gasteiger partial charge in [0.2, 0.25) is 0 Å². The van der Waals surface area contributed by atoms with Crippen LogP contribution in [-0.4, -0.2) is 20.5 Å². The van der Waals surface area contributed by atoms with E-state index in [0.29, 0.717) is 0 Å². The summed E-state index contributed by atoms with van der Waals surface area (Å²) in [7, 11) is -2.88. The van der Waals surface area contributed by atoms with Gasteiger partial charge in [-0.25, -0.2) is 0 Å². The van der Waals surface area contributed by atoms with Crippen molar-refractivity contribution < 1.29 is 18.4 Å². The summed E-state index contributed by atoms with van der Waals surface area (Å²) in [6.07, 6.45) is 0. The van der Waals surface area contributed by atoms with Crippen molar-refractivity contribution in [1.29, 1.82) is 0 Å². The molecule has 0 radical (unpaired) electrons. The van der Waals surface area contributed by atoms with Crippen LogP contribution in [0.15, 0.2) is 17.5 Å². The second-order valence-electron chi connectivity index (χ2n) is 3.11. The summed E-state index contributed by atoms with van der Waals surface area (Å²) in [5.41, 5.74) is 0. The van der Waals surface area contributed by atoms with E-state index in [1.807, 2.05) is 17.5 Å². The smallest absolute Gasteiger partial charge is 0.482 e. The Hall–Kier alpha value is -1.14. The van der Waals surface area contributed by atoms with Crippen LogP contribution in [-0.2, 0) is 18.4 Å². The molecular formula is C9H12O4SSi. The summed E-state index contributed by atoms with van der Waals surface area (Å²) >= 11 is 1.42. The molecule has 6 heteroatoms. The molecule has 4 nitrogen and oxygen atoms in total. The lowest BCUT2D eigenvalue weighted by Crippen LogP contribution is -2.51. The van der Waals surface area contributed by atoms with Gasteiger partial charge in [0, 0.05) is 20.4 Å². The summed E-state index contributed by atoms with van der Waals surface area (Å²) in [6.45, 7) is 4.30. The Morgan fingerprint density at radius 1 is 1.27 bits per heavy atom. The standard InChI is InChI=1S/C9H12O4SSi/c1-7(10)12-15(3,13-8(2)11)9-5-4-6-14-9/h4-6H,1-3H3. The van der Waals surface area contributed by atoms with Gasteiger partial charge in [-0.3, -0.25) is 9.59 Å². The Morgan fingerprint density at radius 3 is 2.13 bits per heavy atom. The minimum atomic E-state index is -2.88. The second kappa shape index (κ2) is 4.58. The SMILES string of the molecule is CC(=O)O[Si](C)(OC(C)=O)c1cccs1. The lowest BCUT2D eigenvalue weighted by atomic mass is 10.7. The Balaban J connectivity index is 2.95. The predicted octanol–water partition coefficient (Wildman–Crippen LogP) is 1.15. The average molecular weight is 244 g/mol. The molecule has 0 aromatic carbocycles. The van der Waals surface area contributed by atoms with Crippen LogP contribution in [0, 0.1) is 0 Å². The first-order valence-electron chi connectivity index (χ1n) is 4.37. The van der Waals surface area contributed by atoms with Crippen LogP contribution in [0.4, 0.5) is 0 Å². The summed E-state index contributed by atoms with van der Waals surface area (Å²) in [6, 6.07) is 3.64. The van der Waals surface area contributed by atoms with E-state index in [0.717, 1.165) is 4.50 Å². The molecule has 0 saturated heterocycles. The molecule has 0 spiro atoms. The molecule has 0 amide bonds. The lowest BCUT2D eigenvalue weighted by Gasteiger charge is -2.23. The van der Waals surface area contributed by atoms with Crippen molar-refractivity contribution in [2.24, 2.45) is 0 Å². The van der Waals surface area contributed by atoms with Crippen LogP contribution < -0.4 is 4.50 Å². The summed E-state index contributed by atoms with van der Waals surface area (Å²) < 4.78 is 11.1. The zero-order valence-corrected chi connectivity index (χ0v) is 10.6. The van der Waals surface area contributed by atoms with E-state index < -0.39 is 20.5 Å². The summed E-state index contributed by atoms with van der Waals surface area (Å²) in [5, 5.41) is 1.85. The van der Waals surface area contributed by atoms with Crippen LogP contribution >= 0.6 is 11.3 Å². The minimum absolute atomic E-state index is 0.432. The number of rotatable bonds is 3. The topological polar surface area (TPSA) is 52.6 Å². The van der Waals surface area contributed by atoms with Crippen molar-refractivity contribution >= 4 is 36.3 Å². The molecule has 0 atom stereocenters. The first-order chi connectivity index (χ1) is 6.94. The number of thiophene rings is 1. The lowest BCUT2D eigenvalue weighted by molar-refractivity contribution is -0.138. The normalized spacial score (nSPS) is 10.9. The maximum atomic E-state index is 11.0. The van der Waals surface area contributed by atoms with Gasteiger partial charge < -0.3 is 8.85 Å². The monoisotopic (exact) mass is 244 g/mol. The molecular weight excluding hydrogens is 232 g/mol. The summed E-state index contributed by atoms with van der Waals surface area (Å²) in [5.74, 6) is -0.863. The average Bonchev–Trinajstić information content (AvgIpc) is 2.51. The van der Waals surface area contributed by atoms with Crippen molar-refractivity contribution in [2.45, 2.75) is 20.4 Å². The van der Waals surface area contributed by atoms with Gasteiger partial charge in [0.05, 0.1) is 4.50 Å². The van der Waals surface area contributed by atoms with Crippen molar-refractivity contribution in [3.63, 3.8) is 0 Å². The largest absolute Gasteiger partial charge is 0.506 e. The van der Waals surface area contributed by atoms with E-state index in [4.69, 9.17) is 8.85 Å². The third-order valence-corrected chi connectivity index (χ3v) is 6.21. The van der Waals surface area contributed by atoms with Gasteiger partial charge >= 0.3 is 8.56 Å². The van der Waals surface area contributed by atoms with E-state index >= 15 is 0 Å². The molecule has 0 unspecified atom stereocenters. The van der Waals surface area contributed by atoms with Crippen LogP contribution in [0.3, 0.4) is 0 Å². The molecule has 0 bridgehead atoms. The second-order valence-corrected chi connectivity index (χ2v) is 7.26. The Kier molecular flexibility index (Phi) is 3.65. The molecule has 1 aromatic heterocycles. The van der Waals surface area contributed by atoms with Crippen LogP contribution in [0.2, 0.25) is 6.55 Å². The first-order valence-corrected chi connectivity index (χ1v) is 7.57. The quantitative estimate of drug-likeness (QED) is 0.749. The molecule has 0 fully saturated rings. The minimum Gasteiger partial charge on any atom is -0.482 e. The highest BCUT2D eigenvalue weighted by atomic mass is 32.1. The Labute approximate surface area is 93.1 Å². The number of hydrogen-bond donors (Lipinski definition) is 0. The van der Waals surface area contributed by atoms with E-state index in [1.165, 1.54) is 25.2 Å². The van der Waals surface area contributed by atoms with Crippen molar-refractivity contribution in [3.05, 3.63) is 17.5 Å². The van der Waals surface area contributed by atoms with Gasteiger partial charge in [0.25, 0.3) is 11.9 Å². The fourth-order valence-electron chi connectivity index (χ4n) is 1.21. The third kappa shape index (κ3) is 3.17. The van der Waals surface area contributed by atoms with Crippen LogP contribution in [0.25, 0.3) is 0 Å². The van der Waals surface area contributed by atoms with E-state index in [1.54, 1.807) is 6.55 Å². The van der Waals surface area contributed by atoms with Crippen LogP contribution in [0.5, 0.6) is 0 Å². The maximum absolute atomic E-state index is 11.0. The van der Waals surface area contributed by atoms with Gasteiger partial charge in [-0.1, -0.05) is 6.07 Å².